The van der Waals surface area contributed by atoms with Crippen LogP contribution < -0.4 is 10.5 Å². The monoisotopic (exact) mass is 290 g/mol. The molecule has 104 valence electrons. The van der Waals surface area contributed by atoms with Crippen LogP contribution in [0.15, 0.2) is 11.0 Å². The van der Waals surface area contributed by atoms with Crippen molar-refractivity contribution >= 4 is 21.4 Å². The van der Waals surface area contributed by atoms with E-state index in [1.54, 1.807) is 6.07 Å². The zero-order valence-electron chi connectivity index (χ0n) is 11.4. The lowest BCUT2D eigenvalue weighted by molar-refractivity contribution is 0.437. The van der Waals surface area contributed by atoms with Gasteiger partial charge in [0.15, 0.2) is 0 Å². The van der Waals surface area contributed by atoms with Crippen molar-refractivity contribution in [2.45, 2.75) is 51.6 Å². The lowest BCUT2D eigenvalue weighted by Crippen LogP contribution is -2.38. The maximum absolute atomic E-state index is 12.3. The first-order chi connectivity index (χ1) is 8.31. The first kappa shape index (κ1) is 15.6. The molecule has 1 unspecified atom stereocenters. The maximum Gasteiger partial charge on any atom is 0.241 e. The van der Waals surface area contributed by atoms with Crippen LogP contribution >= 0.6 is 11.3 Å². The van der Waals surface area contributed by atoms with Crippen molar-refractivity contribution in [1.29, 1.82) is 0 Å². The van der Waals surface area contributed by atoms with Crippen LogP contribution in [0.4, 0.5) is 0 Å². The number of nitrogens with one attached hydrogen (secondary N) is 1. The molecule has 1 heterocycles. The van der Waals surface area contributed by atoms with Crippen molar-refractivity contribution in [3.8, 4) is 0 Å². The van der Waals surface area contributed by atoms with Crippen molar-refractivity contribution in [1.82, 2.24) is 4.72 Å². The summed E-state index contributed by atoms with van der Waals surface area (Å²) in [7, 11) is -3.43. The molecule has 0 aromatic carbocycles. The minimum absolute atomic E-state index is 0.0318. The van der Waals surface area contributed by atoms with Crippen LogP contribution in [0.1, 0.15) is 36.9 Å². The molecule has 0 radical (unpaired) electrons. The van der Waals surface area contributed by atoms with Gasteiger partial charge in [-0.2, -0.15) is 0 Å². The third kappa shape index (κ3) is 3.54. The molecule has 4 nitrogen and oxygen atoms in total. The summed E-state index contributed by atoms with van der Waals surface area (Å²) in [6, 6.07) is 1.64. The number of rotatable bonds is 6. The molecule has 1 atom stereocenters. The summed E-state index contributed by atoms with van der Waals surface area (Å²) in [6.07, 6.45) is 0.782. The fraction of sp³-hybridized carbons (Fsp3) is 0.667. The molecule has 1 aromatic heterocycles. The molecule has 0 aliphatic heterocycles. The van der Waals surface area contributed by atoms with Crippen molar-refractivity contribution in [3.63, 3.8) is 0 Å². The topological polar surface area (TPSA) is 72.2 Å². The predicted octanol–water partition coefficient (Wildman–Crippen LogP) is 2.23. The van der Waals surface area contributed by atoms with Gasteiger partial charge in [0, 0.05) is 22.3 Å². The van der Waals surface area contributed by atoms with E-state index in [0.29, 0.717) is 11.4 Å². The summed E-state index contributed by atoms with van der Waals surface area (Å²) in [4.78, 5) is 2.05. The molecule has 6 heteroatoms. The van der Waals surface area contributed by atoms with E-state index in [9.17, 15) is 8.42 Å². The van der Waals surface area contributed by atoms with Gasteiger partial charge in [-0.15, -0.1) is 11.3 Å². The van der Waals surface area contributed by atoms with E-state index >= 15 is 0 Å². The smallest absolute Gasteiger partial charge is 0.241 e. The molecular formula is C12H22N2O2S2. The molecule has 0 bridgehead atoms. The Morgan fingerprint density at radius 3 is 2.44 bits per heavy atom. The highest BCUT2D eigenvalue weighted by Gasteiger charge is 2.24. The van der Waals surface area contributed by atoms with Gasteiger partial charge in [-0.25, -0.2) is 13.1 Å². The predicted molar refractivity (Wildman–Crippen MR) is 76.2 cm³/mol. The Kier molecular flexibility index (Phi) is 5.33. The Morgan fingerprint density at radius 2 is 2.06 bits per heavy atom. The van der Waals surface area contributed by atoms with Crippen molar-refractivity contribution in [3.05, 3.63) is 15.8 Å². The fourth-order valence-corrected chi connectivity index (χ4v) is 4.83. The largest absolute Gasteiger partial charge is 0.326 e. The van der Waals surface area contributed by atoms with Crippen LogP contribution in [0.3, 0.4) is 0 Å². The van der Waals surface area contributed by atoms with Crippen LogP contribution in [0.5, 0.6) is 0 Å². The average Bonchev–Trinajstić information content (AvgIpc) is 2.68. The summed E-state index contributed by atoms with van der Waals surface area (Å²) in [5, 5.41) is 0. The van der Waals surface area contributed by atoms with E-state index < -0.39 is 10.0 Å². The van der Waals surface area contributed by atoms with Gasteiger partial charge in [-0.1, -0.05) is 20.8 Å². The van der Waals surface area contributed by atoms with Crippen LogP contribution in [0.2, 0.25) is 0 Å². The van der Waals surface area contributed by atoms with Gasteiger partial charge < -0.3 is 5.73 Å². The number of hydrogen-bond acceptors (Lipinski definition) is 4. The molecule has 0 aliphatic carbocycles. The van der Waals surface area contributed by atoms with Crippen LogP contribution in [-0.4, -0.2) is 14.5 Å². The fourth-order valence-electron chi connectivity index (χ4n) is 1.85. The molecule has 0 spiro atoms. The summed E-state index contributed by atoms with van der Waals surface area (Å²) in [5.41, 5.74) is 5.55. The van der Waals surface area contributed by atoms with Crippen LogP contribution in [0.25, 0.3) is 0 Å². The second kappa shape index (κ2) is 6.14. The highest BCUT2D eigenvalue weighted by atomic mass is 32.2. The molecular weight excluding hydrogens is 268 g/mol. The van der Waals surface area contributed by atoms with Gasteiger partial charge in [-0.05, 0) is 25.3 Å². The number of hydrogen-bond donors (Lipinski definition) is 2. The maximum atomic E-state index is 12.3. The van der Waals surface area contributed by atoms with Gasteiger partial charge in [0.1, 0.15) is 0 Å². The molecule has 18 heavy (non-hydrogen) atoms. The average molecular weight is 290 g/mol. The number of aryl methyl sites for hydroxylation is 1. The molecule has 0 saturated carbocycles. The normalized spacial score (nSPS) is 14.1. The Balaban J connectivity index is 3.02. The Morgan fingerprint density at radius 1 is 1.44 bits per heavy atom. The van der Waals surface area contributed by atoms with E-state index in [4.69, 9.17) is 5.73 Å². The zero-order valence-corrected chi connectivity index (χ0v) is 13.0. The molecule has 0 aliphatic rings. The summed E-state index contributed by atoms with van der Waals surface area (Å²) >= 11 is 1.44. The van der Waals surface area contributed by atoms with Crippen molar-refractivity contribution in [2.75, 3.05) is 0 Å². The van der Waals surface area contributed by atoms with Crippen molar-refractivity contribution in [2.24, 2.45) is 11.7 Å². The molecule has 3 N–H and O–H groups in total. The van der Waals surface area contributed by atoms with Crippen LogP contribution in [0, 0.1) is 12.8 Å². The van der Waals surface area contributed by atoms with E-state index in [0.717, 1.165) is 16.2 Å². The van der Waals surface area contributed by atoms with E-state index in [-0.39, 0.29) is 12.0 Å². The lowest BCUT2D eigenvalue weighted by atomic mass is 10.0. The van der Waals surface area contributed by atoms with Gasteiger partial charge in [0.05, 0.1) is 4.90 Å². The highest BCUT2D eigenvalue weighted by molar-refractivity contribution is 7.89. The van der Waals surface area contributed by atoms with Gasteiger partial charge in [0.2, 0.25) is 10.0 Å². The first-order valence-electron chi connectivity index (χ1n) is 6.13. The second-order valence-corrected chi connectivity index (χ2v) is 7.74. The van der Waals surface area contributed by atoms with Gasteiger partial charge in [-0.3, -0.25) is 0 Å². The first-order valence-corrected chi connectivity index (χ1v) is 8.43. The summed E-state index contributed by atoms with van der Waals surface area (Å²) in [6.45, 7) is 8.21. The second-order valence-electron chi connectivity index (χ2n) is 4.72. The quantitative estimate of drug-likeness (QED) is 0.844. The van der Waals surface area contributed by atoms with E-state index in [1.165, 1.54) is 11.3 Å². The number of thiophene rings is 1. The molecule has 1 aromatic rings. The van der Waals surface area contributed by atoms with Crippen LogP contribution in [-0.2, 0) is 16.6 Å². The number of sulfonamides is 1. The van der Waals surface area contributed by atoms with Gasteiger partial charge in [0.25, 0.3) is 0 Å². The Labute approximate surface area is 114 Å². The minimum Gasteiger partial charge on any atom is -0.326 e. The summed E-state index contributed by atoms with van der Waals surface area (Å²) in [5.74, 6) is 0.276. The number of nitrogens with two attached hydrogens (primary N) is 1. The van der Waals surface area contributed by atoms with E-state index in [2.05, 4.69) is 4.72 Å². The van der Waals surface area contributed by atoms with Crippen molar-refractivity contribution < 1.29 is 8.42 Å². The van der Waals surface area contributed by atoms with Gasteiger partial charge >= 0.3 is 0 Å². The molecule has 0 saturated heterocycles. The Bertz CT molecular complexity index is 492. The SMILES string of the molecule is CCC(NS(=O)(=O)c1cc(CN)sc1C)C(C)C. The highest BCUT2D eigenvalue weighted by Crippen LogP contribution is 2.26. The molecule has 1 rings (SSSR count). The molecule has 0 amide bonds. The molecule has 0 fully saturated rings. The third-order valence-corrected chi connectivity index (χ3v) is 5.78. The third-order valence-electron chi connectivity index (χ3n) is 2.97. The summed E-state index contributed by atoms with van der Waals surface area (Å²) < 4.78 is 27.4. The Hall–Kier alpha value is -0.430. The lowest BCUT2D eigenvalue weighted by Gasteiger charge is -2.20. The van der Waals surface area contributed by atoms with E-state index in [1.807, 2.05) is 27.7 Å². The minimum atomic E-state index is -3.43. The standard InChI is InChI=1S/C12H22N2O2S2/c1-5-11(8(2)3)14-18(15,16)12-6-10(7-13)17-9(12)4/h6,8,11,14H,5,7,13H2,1-4H3. The zero-order chi connectivity index (χ0) is 13.9.